The third-order valence-electron chi connectivity index (χ3n) is 8.70. The highest BCUT2D eigenvalue weighted by atomic mass is 32.1. The summed E-state index contributed by atoms with van der Waals surface area (Å²) >= 11 is 1.59. The molecule has 0 saturated heterocycles. The quantitative estimate of drug-likeness (QED) is 0.134. The number of benzene rings is 4. The van der Waals surface area contributed by atoms with Crippen molar-refractivity contribution in [3.05, 3.63) is 130 Å². The van der Waals surface area contributed by atoms with Crippen LogP contribution in [0.3, 0.4) is 0 Å². The van der Waals surface area contributed by atoms with Crippen LogP contribution < -0.4 is 15.4 Å². The van der Waals surface area contributed by atoms with Gasteiger partial charge in [-0.15, -0.1) is 11.3 Å². The van der Waals surface area contributed by atoms with E-state index in [0.717, 1.165) is 38.0 Å². The molecule has 1 aliphatic heterocycles. The monoisotopic (exact) mass is 669 g/mol. The number of aromatic amines is 1. The molecule has 0 atom stereocenters. The number of esters is 1. The van der Waals surface area contributed by atoms with Crippen molar-refractivity contribution < 1.29 is 23.9 Å². The third-order valence-corrected chi connectivity index (χ3v) is 9.69. The molecule has 0 spiro atoms. The number of rotatable bonds is 9. The van der Waals surface area contributed by atoms with Crippen LogP contribution in [-0.4, -0.2) is 36.4 Å². The smallest absolute Gasteiger partial charge is 0.338 e. The van der Waals surface area contributed by atoms with Crippen molar-refractivity contribution in [2.45, 2.75) is 26.9 Å². The summed E-state index contributed by atoms with van der Waals surface area (Å²) in [6.45, 7) is 4.91. The van der Waals surface area contributed by atoms with E-state index in [1.165, 1.54) is 13.2 Å². The summed E-state index contributed by atoms with van der Waals surface area (Å²) in [6, 6.07) is 26.6. The lowest BCUT2D eigenvalue weighted by molar-refractivity contribution is 0.0601. The minimum absolute atomic E-state index is 0.167. The summed E-state index contributed by atoms with van der Waals surface area (Å²) < 4.78 is 11.4. The first kappa shape index (κ1) is 31.9. The van der Waals surface area contributed by atoms with Crippen LogP contribution in [0.4, 0.5) is 5.69 Å². The minimum Gasteiger partial charge on any atom is -0.488 e. The minimum atomic E-state index is -0.623. The van der Waals surface area contributed by atoms with Gasteiger partial charge in [-0.05, 0) is 82.1 Å². The molecule has 246 valence electrons. The van der Waals surface area contributed by atoms with E-state index < -0.39 is 5.97 Å². The zero-order valence-corrected chi connectivity index (χ0v) is 28.2. The maximum absolute atomic E-state index is 14.6. The molecule has 0 aliphatic carbocycles. The predicted octanol–water partition coefficient (Wildman–Crippen LogP) is 8.47. The van der Waals surface area contributed by atoms with Crippen molar-refractivity contribution in [1.29, 1.82) is 0 Å². The van der Waals surface area contributed by atoms with Crippen molar-refractivity contribution in [1.82, 2.24) is 10.3 Å². The van der Waals surface area contributed by atoms with Gasteiger partial charge < -0.3 is 25.1 Å². The highest BCUT2D eigenvalue weighted by Crippen LogP contribution is 2.45. The third kappa shape index (κ3) is 6.33. The van der Waals surface area contributed by atoms with E-state index in [2.05, 4.69) is 27.8 Å². The molecule has 2 amide bonds. The average Bonchev–Trinajstić information content (AvgIpc) is 3.81. The Bertz CT molecular complexity index is 2220. The summed E-state index contributed by atoms with van der Waals surface area (Å²) in [5, 5.41) is 9.14. The zero-order valence-electron chi connectivity index (χ0n) is 27.4. The van der Waals surface area contributed by atoms with Gasteiger partial charge in [0.2, 0.25) is 0 Å². The van der Waals surface area contributed by atoms with Gasteiger partial charge in [-0.2, -0.15) is 0 Å². The van der Waals surface area contributed by atoms with Crippen molar-refractivity contribution in [3.63, 3.8) is 0 Å². The molecule has 7 rings (SSSR count). The van der Waals surface area contributed by atoms with Gasteiger partial charge in [-0.1, -0.05) is 50.2 Å². The molecule has 4 aromatic carbocycles. The second-order valence-electron chi connectivity index (χ2n) is 12.5. The van der Waals surface area contributed by atoms with Crippen molar-refractivity contribution in [3.8, 4) is 27.3 Å². The number of hydrogen-bond donors (Lipinski definition) is 3. The molecule has 6 aromatic rings. The van der Waals surface area contributed by atoms with E-state index in [1.54, 1.807) is 23.5 Å². The lowest BCUT2D eigenvalue weighted by Crippen LogP contribution is -2.27. The fourth-order valence-electron chi connectivity index (χ4n) is 6.22. The summed E-state index contributed by atoms with van der Waals surface area (Å²) in [5.74, 6) is -0.403. The van der Waals surface area contributed by atoms with Gasteiger partial charge >= 0.3 is 5.97 Å². The van der Waals surface area contributed by atoms with Crippen LogP contribution in [0.15, 0.2) is 96.5 Å². The Hall–Kier alpha value is -5.67. The van der Waals surface area contributed by atoms with Gasteiger partial charge in [0.1, 0.15) is 12.4 Å². The SMILES string of the molecule is COC(=O)c1cc(C(=O)NCC(C)C)ccc1-c1cc2c(cc1C(=O)Nc1ccc3[nH]ccc3c1Cc1ccccc1)-c1sccc1CO2. The first-order chi connectivity index (χ1) is 23.8. The number of amides is 2. The molecule has 49 heavy (non-hydrogen) atoms. The molecule has 0 fully saturated rings. The molecule has 8 nitrogen and oxygen atoms in total. The lowest BCUT2D eigenvalue weighted by atomic mass is 9.90. The number of methoxy groups -OCH3 is 1. The van der Waals surface area contributed by atoms with Crippen molar-refractivity contribution in [2.75, 3.05) is 19.0 Å². The molecule has 3 N–H and O–H groups in total. The molecule has 9 heteroatoms. The lowest BCUT2D eigenvalue weighted by Gasteiger charge is -2.22. The highest BCUT2D eigenvalue weighted by Gasteiger charge is 2.27. The van der Waals surface area contributed by atoms with Gasteiger partial charge in [-0.25, -0.2) is 4.79 Å². The van der Waals surface area contributed by atoms with Gasteiger partial charge in [0.15, 0.2) is 0 Å². The van der Waals surface area contributed by atoms with E-state index in [0.29, 0.717) is 53.3 Å². The Balaban J connectivity index is 1.35. The van der Waals surface area contributed by atoms with Gasteiger partial charge in [-0.3, -0.25) is 9.59 Å². The summed E-state index contributed by atoms with van der Waals surface area (Å²) in [7, 11) is 1.30. The maximum atomic E-state index is 14.6. The predicted molar refractivity (Wildman–Crippen MR) is 194 cm³/mol. The van der Waals surface area contributed by atoms with Crippen LogP contribution in [-0.2, 0) is 17.8 Å². The number of hydrogen-bond acceptors (Lipinski definition) is 6. The first-order valence-electron chi connectivity index (χ1n) is 16.1. The zero-order chi connectivity index (χ0) is 34.1. The van der Waals surface area contributed by atoms with Crippen LogP contribution >= 0.6 is 11.3 Å². The largest absolute Gasteiger partial charge is 0.488 e. The molecule has 2 aromatic heterocycles. The number of carbonyl (C=O) groups excluding carboxylic acids is 3. The first-order valence-corrected chi connectivity index (χ1v) is 17.0. The molecular formula is C40H35N3O5S. The van der Waals surface area contributed by atoms with E-state index in [4.69, 9.17) is 9.47 Å². The molecule has 0 radical (unpaired) electrons. The maximum Gasteiger partial charge on any atom is 0.338 e. The Morgan fingerprint density at radius 3 is 2.53 bits per heavy atom. The number of aromatic nitrogens is 1. The second-order valence-corrected chi connectivity index (χ2v) is 13.4. The van der Waals surface area contributed by atoms with Crippen LogP contribution in [0.5, 0.6) is 5.75 Å². The standard InChI is InChI=1S/C40H35N3O5S/c1-23(2)21-42-38(44)25-9-10-27(32(18-25)40(46)47-3)29-20-36-33(37-26(22-48-36)14-16-49-37)19-31(29)39(45)43-35-12-11-34-28(13-15-41-34)30(35)17-24-7-5-4-6-8-24/h4-16,18-20,23,41H,17,21-22H2,1-3H3,(H,42,44)(H,43,45). The number of nitrogens with one attached hydrogen (secondary N) is 3. The number of H-pyrrole nitrogens is 1. The van der Waals surface area contributed by atoms with E-state index in [9.17, 15) is 14.4 Å². The van der Waals surface area contributed by atoms with Crippen LogP contribution in [0.25, 0.3) is 32.5 Å². The van der Waals surface area contributed by atoms with E-state index >= 15 is 0 Å². The molecule has 3 heterocycles. The summed E-state index contributed by atoms with van der Waals surface area (Å²) in [6.07, 6.45) is 2.51. The normalized spacial score (nSPS) is 11.8. The Morgan fingerprint density at radius 2 is 1.73 bits per heavy atom. The van der Waals surface area contributed by atoms with Crippen molar-refractivity contribution in [2.24, 2.45) is 5.92 Å². The number of ether oxygens (including phenoxy) is 2. The average molecular weight is 670 g/mol. The topological polar surface area (TPSA) is 110 Å². The number of carbonyl (C=O) groups is 3. The molecule has 0 unspecified atom stereocenters. The summed E-state index contributed by atoms with van der Waals surface area (Å²) in [5.41, 5.74) is 7.38. The highest BCUT2D eigenvalue weighted by molar-refractivity contribution is 7.13. The number of thiophene rings is 1. The van der Waals surface area contributed by atoms with Gasteiger partial charge in [0.05, 0.1) is 12.7 Å². The molecule has 0 saturated carbocycles. The Morgan fingerprint density at radius 1 is 0.898 bits per heavy atom. The van der Waals surface area contributed by atoms with Crippen LogP contribution in [0.1, 0.15) is 61.6 Å². The second kappa shape index (κ2) is 13.4. The van der Waals surface area contributed by atoms with Crippen LogP contribution in [0, 0.1) is 5.92 Å². The fraction of sp³-hybridized carbons (Fsp3) is 0.175. The fourth-order valence-corrected chi connectivity index (χ4v) is 7.15. The molecule has 1 aliphatic rings. The van der Waals surface area contributed by atoms with Gasteiger partial charge in [0, 0.05) is 62.9 Å². The van der Waals surface area contributed by atoms with Gasteiger partial charge in [0.25, 0.3) is 11.8 Å². The van der Waals surface area contributed by atoms with E-state index in [-0.39, 0.29) is 23.3 Å². The van der Waals surface area contributed by atoms with Crippen LogP contribution in [0.2, 0.25) is 0 Å². The molecular weight excluding hydrogens is 635 g/mol. The Kier molecular flexibility index (Phi) is 8.76. The van der Waals surface area contributed by atoms with Crippen molar-refractivity contribution >= 4 is 45.7 Å². The molecule has 0 bridgehead atoms. The Labute approximate surface area is 288 Å². The number of fused-ring (bicyclic) bond motifs is 4. The summed E-state index contributed by atoms with van der Waals surface area (Å²) in [4.78, 5) is 45.2. The number of anilines is 1. The van der Waals surface area contributed by atoms with E-state index in [1.807, 2.05) is 80.0 Å².